The van der Waals surface area contributed by atoms with Crippen molar-refractivity contribution in [2.24, 2.45) is 0 Å². The molecule has 1 fully saturated rings. The summed E-state index contributed by atoms with van der Waals surface area (Å²) in [6.45, 7) is 12.7. The summed E-state index contributed by atoms with van der Waals surface area (Å²) < 4.78 is 0. The zero-order valence-electron chi connectivity index (χ0n) is 15.6. The first kappa shape index (κ1) is 17.9. The van der Waals surface area contributed by atoms with Crippen LogP contribution in [0.1, 0.15) is 0 Å². The number of nitrogens with zero attached hydrogens (tertiary/aromatic N) is 2. The number of hydrogen-bond donors (Lipinski definition) is 1. The van der Waals surface area contributed by atoms with Crippen LogP contribution in [0.15, 0.2) is 48.5 Å². The van der Waals surface area contributed by atoms with E-state index in [4.69, 9.17) is 11.6 Å². The minimum atomic E-state index is 0.627. The van der Waals surface area contributed by atoms with Gasteiger partial charge in [-0.15, -0.1) is 0 Å². The minimum Gasteiger partial charge on any atom is -0.369 e. The van der Waals surface area contributed by atoms with Crippen molar-refractivity contribution in [1.29, 1.82) is 0 Å². The summed E-state index contributed by atoms with van der Waals surface area (Å²) in [5, 5.41) is 7.92. The van der Waals surface area contributed by atoms with E-state index in [1.54, 1.807) is 0 Å². The van der Waals surface area contributed by atoms with Gasteiger partial charge < -0.3 is 15.1 Å². The molecule has 0 spiro atoms. The molecule has 3 aromatic rings. The molecule has 138 valence electrons. The fourth-order valence-electron chi connectivity index (χ4n) is 3.64. The first-order valence-electron chi connectivity index (χ1n) is 9.23. The van der Waals surface area contributed by atoms with Gasteiger partial charge >= 0.3 is 0 Å². The summed E-state index contributed by atoms with van der Waals surface area (Å²) >= 11 is 6.62. The number of hydrogen-bond acceptors (Lipinski definition) is 3. The maximum absolute atomic E-state index is 6.62. The molecule has 0 aliphatic carbocycles. The summed E-state index contributed by atoms with van der Waals surface area (Å²) in [7, 11) is 2.17. The van der Waals surface area contributed by atoms with Crippen molar-refractivity contribution >= 4 is 52.6 Å². The van der Waals surface area contributed by atoms with Crippen LogP contribution in [0.5, 0.6) is 0 Å². The zero-order chi connectivity index (χ0) is 19.0. The summed E-state index contributed by atoms with van der Waals surface area (Å²) in [5.41, 5.74) is 3.08. The Morgan fingerprint density at radius 2 is 1.44 bits per heavy atom. The van der Waals surface area contributed by atoms with E-state index < -0.39 is 0 Å². The SMILES string of the molecule is C=c1c(Cl)c(Nc2ccc(N3CCN(C)CC3)cc2)c(=C)c2ccccc12. The van der Waals surface area contributed by atoms with Gasteiger partial charge in [0.1, 0.15) is 0 Å². The highest BCUT2D eigenvalue weighted by Gasteiger charge is 2.14. The molecule has 1 aliphatic heterocycles. The number of anilines is 3. The molecule has 1 saturated heterocycles. The highest BCUT2D eigenvalue weighted by Crippen LogP contribution is 2.25. The van der Waals surface area contributed by atoms with Crippen LogP contribution in [0.2, 0.25) is 5.02 Å². The molecule has 1 N–H and O–H groups in total. The van der Waals surface area contributed by atoms with E-state index in [1.807, 2.05) is 18.2 Å². The molecule has 27 heavy (non-hydrogen) atoms. The molecule has 0 bridgehead atoms. The first-order chi connectivity index (χ1) is 13.0. The molecule has 3 nitrogen and oxygen atoms in total. The van der Waals surface area contributed by atoms with Crippen LogP contribution in [-0.4, -0.2) is 38.1 Å². The lowest BCUT2D eigenvalue weighted by Crippen LogP contribution is -2.44. The zero-order valence-corrected chi connectivity index (χ0v) is 16.4. The van der Waals surface area contributed by atoms with E-state index in [0.29, 0.717) is 5.02 Å². The first-order valence-corrected chi connectivity index (χ1v) is 9.61. The highest BCUT2D eigenvalue weighted by molar-refractivity contribution is 6.34. The fraction of sp³-hybridized carbons (Fsp3) is 0.217. The summed E-state index contributed by atoms with van der Waals surface area (Å²) in [4.78, 5) is 4.79. The van der Waals surface area contributed by atoms with Crippen LogP contribution in [0.3, 0.4) is 0 Å². The predicted molar refractivity (Wildman–Crippen MR) is 119 cm³/mol. The number of rotatable bonds is 3. The number of benzene rings is 3. The van der Waals surface area contributed by atoms with E-state index in [9.17, 15) is 0 Å². The maximum atomic E-state index is 6.62. The second-order valence-corrected chi connectivity index (χ2v) is 7.53. The van der Waals surface area contributed by atoms with Gasteiger partial charge in [-0.1, -0.05) is 49.0 Å². The number of halogens is 1. The number of fused-ring (bicyclic) bond motifs is 1. The highest BCUT2D eigenvalue weighted by atomic mass is 35.5. The van der Waals surface area contributed by atoms with Crippen LogP contribution in [-0.2, 0) is 0 Å². The Balaban J connectivity index is 1.63. The van der Waals surface area contributed by atoms with Gasteiger partial charge in [0.25, 0.3) is 0 Å². The van der Waals surface area contributed by atoms with Gasteiger partial charge in [0, 0.05) is 42.8 Å². The molecule has 0 radical (unpaired) electrons. The average molecular weight is 378 g/mol. The van der Waals surface area contributed by atoms with E-state index in [1.165, 1.54) is 5.69 Å². The molecule has 3 aromatic carbocycles. The number of piperazine rings is 1. The standard InChI is InChI=1S/C23H24ClN3/c1-16-20-6-4-5-7-21(20)17(2)23(22(16)24)25-18-8-10-19(11-9-18)27-14-12-26(3)13-15-27/h4-11,25H,1-2,12-15H2,3H3. The predicted octanol–water partition coefficient (Wildman–Crippen LogP) is 3.81. The van der Waals surface area contributed by atoms with Crippen molar-refractivity contribution in [3.8, 4) is 0 Å². The lowest BCUT2D eigenvalue weighted by Gasteiger charge is -2.34. The van der Waals surface area contributed by atoms with Gasteiger partial charge in [0.15, 0.2) is 0 Å². The van der Waals surface area contributed by atoms with Gasteiger partial charge in [0.05, 0.1) is 10.7 Å². The second kappa shape index (κ2) is 7.26. The largest absolute Gasteiger partial charge is 0.369 e. The molecular formula is C23H24ClN3. The van der Waals surface area contributed by atoms with Crippen molar-refractivity contribution in [3.63, 3.8) is 0 Å². The van der Waals surface area contributed by atoms with Gasteiger partial charge in [-0.2, -0.15) is 0 Å². The Bertz CT molecular complexity index is 1070. The lowest BCUT2D eigenvalue weighted by molar-refractivity contribution is 0.313. The van der Waals surface area contributed by atoms with Crippen LogP contribution < -0.4 is 20.7 Å². The Labute approximate surface area is 165 Å². The van der Waals surface area contributed by atoms with Crippen LogP contribution in [0.25, 0.3) is 23.9 Å². The van der Waals surface area contributed by atoms with E-state index in [2.05, 4.69) is 65.7 Å². The average Bonchev–Trinajstić information content (AvgIpc) is 2.71. The van der Waals surface area contributed by atoms with E-state index in [0.717, 1.165) is 58.8 Å². The van der Waals surface area contributed by atoms with E-state index >= 15 is 0 Å². The topological polar surface area (TPSA) is 18.5 Å². The van der Waals surface area contributed by atoms with Crippen LogP contribution in [0, 0.1) is 0 Å². The quantitative estimate of drug-likeness (QED) is 0.748. The van der Waals surface area contributed by atoms with Crippen molar-refractivity contribution in [3.05, 3.63) is 64.0 Å². The Morgan fingerprint density at radius 3 is 2.07 bits per heavy atom. The smallest absolute Gasteiger partial charge is 0.0719 e. The summed E-state index contributed by atoms with van der Waals surface area (Å²) in [5.74, 6) is 0. The third-order valence-corrected chi connectivity index (χ3v) is 5.79. The van der Waals surface area contributed by atoms with Crippen molar-refractivity contribution in [2.45, 2.75) is 0 Å². The Morgan fingerprint density at radius 1 is 0.852 bits per heavy atom. The van der Waals surface area contributed by atoms with Crippen molar-refractivity contribution in [2.75, 3.05) is 43.4 Å². The molecular weight excluding hydrogens is 354 g/mol. The summed E-state index contributed by atoms with van der Waals surface area (Å²) in [6, 6.07) is 16.6. The van der Waals surface area contributed by atoms with Gasteiger partial charge in [0.2, 0.25) is 0 Å². The normalized spacial score (nSPS) is 15.3. The molecule has 0 amide bonds. The molecule has 0 atom stereocenters. The number of nitrogens with one attached hydrogen (secondary N) is 1. The van der Waals surface area contributed by atoms with Gasteiger partial charge in [-0.25, -0.2) is 0 Å². The van der Waals surface area contributed by atoms with Crippen LogP contribution in [0.4, 0.5) is 17.1 Å². The maximum Gasteiger partial charge on any atom is 0.0719 e. The third-order valence-electron chi connectivity index (χ3n) is 5.37. The monoisotopic (exact) mass is 377 g/mol. The number of likely N-dealkylation sites (N-methyl/N-ethyl adjacent to an activating group) is 1. The minimum absolute atomic E-state index is 0.627. The van der Waals surface area contributed by atoms with Gasteiger partial charge in [-0.3, -0.25) is 0 Å². The second-order valence-electron chi connectivity index (χ2n) is 7.15. The van der Waals surface area contributed by atoms with Crippen molar-refractivity contribution < 1.29 is 0 Å². The van der Waals surface area contributed by atoms with Crippen molar-refractivity contribution in [1.82, 2.24) is 4.90 Å². The Hall–Kier alpha value is -2.49. The molecule has 0 saturated carbocycles. The molecule has 1 aliphatic rings. The molecule has 4 rings (SSSR count). The van der Waals surface area contributed by atoms with E-state index in [-0.39, 0.29) is 0 Å². The fourth-order valence-corrected chi connectivity index (χ4v) is 3.90. The Kier molecular flexibility index (Phi) is 4.81. The van der Waals surface area contributed by atoms with Gasteiger partial charge in [-0.05, 0) is 47.3 Å². The molecule has 0 unspecified atom stereocenters. The third kappa shape index (κ3) is 3.41. The molecule has 0 aromatic heterocycles. The molecule has 1 heterocycles. The van der Waals surface area contributed by atoms with Crippen LogP contribution >= 0.6 is 11.6 Å². The summed E-state index contributed by atoms with van der Waals surface area (Å²) in [6.07, 6.45) is 0. The lowest BCUT2D eigenvalue weighted by atomic mass is 10.0. The molecule has 4 heteroatoms.